The number of nitrogens with one attached hydrogen (secondary N) is 2. The van der Waals surface area contributed by atoms with Crippen molar-refractivity contribution in [2.24, 2.45) is 22.6 Å². The van der Waals surface area contributed by atoms with Crippen molar-refractivity contribution in [1.29, 1.82) is 0 Å². The van der Waals surface area contributed by atoms with Gasteiger partial charge in [0.2, 0.25) is 0 Å². The summed E-state index contributed by atoms with van der Waals surface area (Å²) >= 11 is 0. The lowest BCUT2D eigenvalue weighted by molar-refractivity contribution is -0.132. The first-order chi connectivity index (χ1) is 16.3. The van der Waals surface area contributed by atoms with Crippen molar-refractivity contribution in [2.45, 2.75) is 97.2 Å². The Hall–Kier alpha value is -2.57. The lowest BCUT2D eigenvalue weighted by atomic mass is 9.77. The number of nitrogens with zero attached hydrogens (tertiary/aromatic N) is 2. The fourth-order valence-corrected chi connectivity index (χ4v) is 5.06. The van der Waals surface area contributed by atoms with E-state index in [2.05, 4.69) is 31.4 Å². The van der Waals surface area contributed by atoms with Crippen LogP contribution in [0, 0.1) is 11.8 Å². The molecule has 1 aliphatic carbocycles. The van der Waals surface area contributed by atoms with Crippen LogP contribution in [0.1, 0.15) is 89.7 Å². The van der Waals surface area contributed by atoms with Crippen LogP contribution in [0.4, 0.5) is 4.79 Å². The number of hydrogen-bond acceptors (Lipinski definition) is 4. The number of aliphatic imine (C=N–C) groups is 1. The van der Waals surface area contributed by atoms with Crippen LogP contribution in [0.5, 0.6) is 0 Å². The number of unbranched alkanes of at least 4 members (excludes halogenated alkanes) is 1. The van der Waals surface area contributed by atoms with Crippen LogP contribution in [-0.4, -0.2) is 34.9 Å². The van der Waals surface area contributed by atoms with Crippen LogP contribution in [0.2, 0.25) is 0 Å². The standard InChI is InChI=1S/C27H43N5O2/c1-4-5-15-27(16-21-9-7-6-8-10-21)24(33)32(25(28)31-27)19-23-13-11-22(12-14-23)18-30-26(34)29-17-20(2)3/h11-14,20-21H,4-10,15-19H2,1-3H3,(H2,28,31)(H2,29,30,34). The molecule has 4 N–H and O–H groups in total. The molecule has 0 bridgehead atoms. The van der Waals surface area contributed by atoms with Crippen LogP contribution >= 0.6 is 0 Å². The van der Waals surface area contributed by atoms with E-state index in [9.17, 15) is 9.59 Å². The summed E-state index contributed by atoms with van der Waals surface area (Å²) in [6, 6.07) is 7.80. The van der Waals surface area contributed by atoms with Gasteiger partial charge in [0.05, 0.1) is 6.54 Å². The first-order valence-electron chi connectivity index (χ1n) is 13.1. The largest absolute Gasteiger partial charge is 0.369 e. The van der Waals surface area contributed by atoms with Gasteiger partial charge < -0.3 is 16.4 Å². The van der Waals surface area contributed by atoms with E-state index in [1.54, 1.807) is 4.90 Å². The molecular weight excluding hydrogens is 426 g/mol. The van der Waals surface area contributed by atoms with Crippen LogP contribution in [-0.2, 0) is 17.9 Å². The quantitative estimate of drug-likeness (QED) is 0.438. The molecule has 0 radical (unpaired) electrons. The number of benzene rings is 1. The maximum atomic E-state index is 13.7. The maximum Gasteiger partial charge on any atom is 0.315 e. The first-order valence-corrected chi connectivity index (χ1v) is 13.1. The SMILES string of the molecule is CCCCC1(CC2CCCCC2)N=C(N)N(Cc2ccc(CNC(=O)NCC(C)C)cc2)C1=O. The summed E-state index contributed by atoms with van der Waals surface area (Å²) < 4.78 is 0. The van der Waals surface area contributed by atoms with Gasteiger partial charge in [0.1, 0.15) is 5.54 Å². The fraction of sp³-hybridized carbons (Fsp3) is 0.667. The Morgan fingerprint density at radius 2 is 1.82 bits per heavy atom. The van der Waals surface area contributed by atoms with Gasteiger partial charge in [-0.05, 0) is 35.8 Å². The second-order valence-electron chi connectivity index (χ2n) is 10.5. The third-order valence-corrected chi connectivity index (χ3v) is 7.03. The molecule has 7 nitrogen and oxygen atoms in total. The molecule has 1 heterocycles. The highest BCUT2D eigenvalue weighted by Crippen LogP contribution is 2.39. The van der Waals surface area contributed by atoms with Gasteiger partial charge in [-0.25, -0.2) is 9.79 Å². The first kappa shape index (κ1) is 26.0. The van der Waals surface area contributed by atoms with Crippen LogP contribution in [0.15, 0.2) is 29.3 Å². The molecule has 1 aromatic carbocycles. The van der Waals surface area contributed by atoms with E-state index in [1.165, 1.54) is 32.1 Å². The van der Waals surface area contributed by atoms with E-state index in [4.69, 9.17) is 10.7 Å². The summed E-state index contributed by atoms with van der Waals surface area (Å²) in [5.74, 6) is 1.40. The number of urea groups is 1. The molecular formula is C27H43N5O2. The van der Waals surface area contributed by atoms with Crippen LogP contribution in [0.25, 0.3) is 0 Å². The zero-order chi connectivity index (χ0) is 24.6. The summed E-state index contributed by atoms with van der Waals surface area (Å²) in [4.78, 5) is 32.0. The number of rotatable bonds is 11. The number of guanidine groups is 1. The average molecular weight is 470 g/mol. The van der Waals surface area contributed by atoms with Crippen LogP contribution < -0.4 is 16.4 Å². The molecule has 2 aliphatic rings. The van der Waals surface area contributed by atoms with E-state index in [0.717, 1.165) is 36.8 Å². The van der Waals surface area contributed by atoms with E-state index in [-0.39, 0.29) is 11.9 Å². The van der Waals surface area contributed by atoms with Gasteiger partial charge in [-0.1, -0.05) is 90.0 Å². The summed E-state index contributed by atoms with van der Waals surface area (Å²) in [6.07, 6.45) is 9.83. The summed E-state index contributed by atoms with van der Waals surface area (Å²) in [6.45, 7) is 7.81. The minimum absolute atomic E-state index is 0.0663. The van der Waals surface area contributed by atoms with Crippen molar-refractivity contribution in [2.75, 3.05) is 6.54 Å². The fourth-order valence-electron chi connectivity index (χ4n) is 5.06. The van der Waals surface area contributed by atoms with Gasteiger partial charge in [-0.15, -0.1) is 0 Å². The third-order valence-electron chi connectivity index (χ3n) is 7.03. The highest BCUT2D eigenvalue weighted by Gasteiger charge is 2.48. The minimum atomic E-state index is -0.685. The molecule has 3 amide bonds. The molecule has 1 atom stereocenters. The smallest absolute Gasteiger partial charge is 0.315 e. The third kappa shape index (κ3) is 6.97. The molecule has 188 valence electrons. The molecule has 0 aromatic heterocycles. The lowest BCUT2D eigenvalue weighted by Gasteiger charge is -2.32. The number of carbonyl (C=O) groups is 2. The monoisotopic (exact) mass is 469 g/mol. The number of carbonyl (C=O) groups excluding carboxylic acids is 2. The lowest BCUT2D eigenvalue weighted by Crippen LogP contribution is -2.45. The second-order valence-corrected chi connectivity index (χ2v) is 10.5. The Labute approximate surface area is 205 Å². The van der Waals surface area contributed by atoms with Gasteiger partial charge in [0.25, 0.3) is 5.91 Å². The summed E-state index contributed by atoms with van der Waals surface area (Å²) in [5, 5.41) is 5.73. The zero-order valence-electron chi connectivity index (χ0n) is 21.2. The Morgan fingerprint density at radius 3 is 2.47 bits per heavy atom. The maximum absolute atomic E-state index is 13.7. The van der Waals surface area contributed by atoms with Gasteiger partial charge in [0.15, 0.2) is 5.96 Å². The molecule has 7 heteroatoms. The Bertz CT molecular complexity index is 845. The van der Waals surface area contributed by atoms with Crippen molar-refractivity contribution < 1.29 is 9.59 Å². The molecule has 0 saturated heterocycles. The predicted molar refractivity (Wildman–Crippen MR) is 137 cm³/mol. The molecule has 0 spiro atoms. The highest BCUT2D eigenvalue weighted by molar-refractivity contribution is 6.06. The Morgan fingerprint density at radius 1 is 1.15 bits per heavy atom. The highest BCUT2D eigenvalue weighted by atomic mass is 16.2. The van der Waals surface area contributed by atoms with E-state index in [1.807, 2.05) is 24.3 Å². The van der Waals surface area contributed by atoms with Gasteiger partial charge >= 0.3 is 6.03 Å². The van der Waals surface area contributed by atoms with Crippen LogP contribution in [0.3, 0.4) is 0 Å². The van der Waals surface area contributed by atoms with Crippen molar-refractivity contribution >= 4 is 17.9 Å². The van der Waals surface area contributed by atoms with Gasteiger partial charge in [-0.2, -0.15) is 0 Å². The van der Waals surface area contributed by atoms with E-state index in [0.29, 0.717) is 37.4 Å². The Balaban J connectivity index is 1.60. The number of hydrogen-bond donors (Lipinski definition) is 3. The summed E-state index contributed by atoms with van der Waals surface area (Å²) in [7, 11) is 0. The normalized spacial score (nSPS) is 21.1. The van der Waals surface area contributed by atoms with Crippen molar-refractivity contribution in [1.82, 2.24) is 15.5 Å². The van der Waals surface area contributed by atoms with Crippen molar-refractivity contribution in [3.8, 4) is 0 Å². The summed E-state index contributed by atoms with van der Waals surface area (Å²) in [5.41, 5.74) is 7.66. The molecule has 1 fully saturated rings. The molecule has 1 saturated carbocycles. The van der Waals surface area contributed by atoms with E-state index >= 15 is 0 Å². The number of amides is 3. The topological polar surface area (TPSA) is 99.8 Å². The molecule has 1 unspecified atom stereocenters. The molecule has 1 aliphatic heterocycles. The van der Waals surface area contributed by atoms with Crippen molar-refractivity contribution in [3.63, 3.8) is 0 Å². The molecule has 34 heavy (non-hydrogen) atoms. The van der Waals surface area contributed by atoms with Gasteiger partial charge in [0, 0.05) is 13.1 Å². The Kier molecular flexibility index (Phi) is 9.36. The number of nitrogens with two attached hydrogens (primary N) is 1. The average Bonchev–Trinajstić information content (AvgIpc) is 3.05. The molecule has 1 aromatic rings. The zero-order valence-corrected chi connectivity index (χ0v) is 21.2. The van der Waals surface area contributed by atoms with Crippen molar-refractivity contribution in [3.05, 3.63) is 35.4 Å². The molecule has 3 rings (SSSR count). The second kappa shape index (κ2) is 12.2. The predicted octanol–water partition coefficient (Wildman–Crippen LogP) is 4.70. The minimum Gasteiger partial charge on any atom is -0.369 e. The van der Waals surface area contributed by atoms with E-state index < -0.39 is 5.54 Å². The van der Waals surface area contributed by atoms with Gasteiger partial charge in [-0.3, -0.25) is 9.69 Å².